The molecule has 14 nitrogen and oxygen atoms in total. The lowest BCUT2D eigenvalue weighted by Gasteiger charge is -2.48. The van der Waals surface area contributed by atoms with Gasteiger partial charge in [0, 0.05) is 25.3 Å². The Morgan fingerprint density at radius 1 is 1.04 bits per heavy atom. The number of benzene rings is 1. The molecule has 1 aromatic rings. The number of carboxylic acids is 3. The summed E-state index contributed by atoms with van der Waals surface area (Å²) in [5, 5.41) is 53.5. The van der Waals surface area contributed by atoms with Gasteiger partial charge in [-0.3, -0.25) is 4.79 Å². The molecule has 0 aliphatic carbocycles. The van der Waals surface area contributed by atoms with Crippen LogP contribution in [-0.4, -0.2) is 96.8 Å². The third kappa shape index (κ3) is 7.88. The Hall–Kier alpha value is -4.11. The zero-order valence-electron chi connectivity index (χ0n) is 28.2. The van der Waals surface area contributed by atoms with E-state index in [1.54, 1.807) is 6.92 Å². The molecule has 2 saturated heterocycles. The molecule has 0 amide bonds. The fraction of sp³-hybridized carbons (Fsp3) is 0.571. The van der Waals surface area contributed by atoms with Gasteiger partial charge in [-0.2, -0.15) is 0 Å². The van der Waals surface area contributed by atoms with Crippen LogP contribution < -0.4 is 0 Å². The van der Waals surface area contributed by atoms with E-state index in [2.05, 4.69) is 6.58 Å². The van der Waals surface area contributed by atoms with E-state index in [4.69, 9.17) is 18.9 Å². The summed E-state index contributed by atoms with van der Waals surface area (Å²) in [6.07, 6.45) is -4.83. The molecule has 3 rings (SSSR count). The largest absolute Gasteiger partial charge is 0.479 e. The van der Waals surface area contributed by atoms with Gasteiger partial charge >= 0.3 is 29.8 Å². The maximum absolute atomic E-state index is 13.0. The number of ether oxygens (including phenoxy) is 4. The molecule has 0 spiro atoms. The summed E-state index contributed by atoms with van der Waals surface area (Å²) in [4.78, 5) is 63.0. The molecule has 5 N–H and O–H groups in total. The van der Waals surface area contributed by atoms with E-state index in [9.17, 15) is 49.5 Å². The minimum atomic E-state index is -3.90. The SMILES string of the molecule is C=C(CC[C@]12O[C@H]([13C](=O)O)[C@@](O)([13C](=O)O)[C@](C(=O)O)(O1)[C@H](OC(=O)/C=C/[C@@H](C)C[C@@H](C)CC)[C@H]2O)[C@@H](OC(C)=O)[C@H](C)Cc1ccccc1. The van der Waals surface area contributed by atoms with Gasteiger partial charge in [-0.1, -0.05) is 77.1 Å². The van der Waals surface area contributed by atoms with E-state index in [1.165, 1.54) is 13.0 Å². The van der Waals surface area contributed by atoms with E-state index < -0.39 is 77.7 Å². The van der Waals surface area contributed by atoms with Crippen molar-refractivity contribution in [3.8, 4) is 0 Å². The van der Waals surface area contributed by atoms with E-state index in [1.807, 2.05) is 51.1 Å². The standard InChI is InChI=1S/C35H46O14/c1-7-19(2)17-20(3)13-14-25(37)47-28-27(38)33(48-29(30(39)40)34(45,31(41)42)35(28,49-33)32(43)44)16-15-21(4)26(46-23(6)36)22(5)18-24-11-9-8-10-12-24/h8-14,19-20,22,26-29,38,45H,4,7,15-18H2,1-3,5-6H3,(H,39,40)(H,41,42)(H,43,44)/b14-13+/t19-,20+,22+,26+,27+,28+,29+,33-,34+,35-/m0/s1/i30+1,31+1. The number of carboxylic acid groups (broad SMARTS) is 3. The van der Waals surface area contributed by atoms with Gasteiger partial charge in [0.2, 0.25) is 23.1 Å². The number of esters is 2. The maximum Gasteiger partial charge on any atom is 0.344 e. The molecule has 2 fully saturated rings. The normalized spacial score (nSPS) is 30.1. The lowest BCUT2D eigenvalue weighted by molar-refractivity contribution is -0.374. The second-order valence-corrected chi connectivity index (χ2v) is 13.1. The second kappa shape index (κ2) is 15.6. The summed E-state index contributed by atoms with van der Waals surface area (Å²) in [5.74, 6) is -11.3. The first-order valence-electron chi connectivity index (χ1n) is 16.1. The average molecular weight is 693 g/mol. The number of fused-ring (bicyclic) bond motifs is 2. The van der Waals surface area contributed by atoms with Crippen LogP contribution in [-0.2, 0) is 49.3 Å². The quantitative estimate of drug-likeness (QED) is 0.0686. The molecule has 2 aliphatic heterocycles. The van der Waals surface area contributed by atoms with Crippen LogP contribution >= 0.6 is 0 Å². The van der Waals surface area contributed by atoms with Crippen molar-refractivity contribution in [2.24, 2.45) is 17.8 Å². The molecule has 14 heteroatoms. The van der Waals surface area contributed by atoms with E-state index in [0.29, 0.717) is 18.8 Å². The van der Waals surface area contributed by atoms with Crippen LogP contribution in [0.25, 0.3) is 0 Å². The number of aliphatic hydroxyl groups excluding tert-OH is 1. The smallest absolute Gasteiger partial charge is 0.344 e. The Morgan fingerprint density at radius 2 is 1.67 bits per heavy atom. The van der Waals surface area contributed by atoms with Gasteiger partial charge in [-0.15, -0.1) is 0 Å². The predicted molar refractivity (Wildman–Crippen MR) is 171 cm³/mol. The van der Waals surface area contributed by atoms with Gasteiger partial charge in [0.1, 0.15) is 12.2 Å². The van der Waals surface area contributed by atoms with Crippen molar-refractivity contribution >= 4 is 29.8 Å². The average Bonchev–Trinajstić information content (AvgIpc) is 3.25. The van der Waals surface area contributed by atoms with Crippen LogP contribution in [0.3, 0.4) is 0 Å². The molecule has 2 bridgehead atoms. The van der Waals surface area contributed by atoms with Crippen LogP contribution in [0.1, 0.15) is 65.9 Å². The first kappa shape index (κ1) is 39.3. The van der Waals surface area contributed by atoms with Crippen molar-refractivity contribution in [1.29, 1.82) is 0 Å². The Labute approximate surface area is 284 Å². The summed E-state index contributed by atoms with van der Waals surface area (Å²) in [5.41, 5.74) is -6.27. The van der Waals surface area contributed by atoms with Crippen LogP contribution in [0.4, 0.5) is 0 Å². The lowest BCUT2D eigenvalue weighted by atomic mass is 9.80. The number of carbonyl (C=O) groups is 5. The third-order valence-corrected chi connectivity index (χ3v) is 9.29. The molecule has 0 saturated carbocycles. The number of aliphatic hydroxyl groups is 2. The van der Waals surface area contributed by atoms with Crippen molar-refractivity contribution in [2.45, 2.75) is 108 Å². The monoisotopic (exact) mass is 692 g/mol. The van der Waals surface area contributed by atoms with Crippen LogP contribution in [0.2, 0.25) is 0 Å². The van der Waals surface area contributed by atoms with Crippen molar-refractivity contribution in [3.63, 3.8) is 0 Å². The van der Waals surface area contributed by atoms with Gasteiger partial charge in [-0.05, 0) is 42.2 Å². The van der Waals surface area contributed by atoms with Crippen molar-refractivity contribution in [3.05, 3.63) is 60.2 Å². The Kier molecular flexibility index (Phi) is 12.5. The summed E-state index contributed by atoms with van der Waals surface area (Å²) >= 11 is 0. The van der Waals surface area contributed by atoms with E-state index in [0.717, 1.165) is 18.1 Å². The molecule has 49 heavy (non-hydrogen) atoms. The van der Waals surface area contributed by atoms with E-state index in [-0.39, 0.29) is 23.8 Å². The minimum Gasteiger partial charge on any atom is -0.479 e. The zero-order valence-corrected chi connectivity index (χ0v) is 28.2. The summed E-state index contributed by atoms with van der Waals surface area (Å²) < 4.78 is 22.0. The second-order valence-electron chi connectivity index (χ2n) is 13.1. The van der Waals surface area contributed by atoms with Crippen molar-refractivity contribution in [2.75, 3.05) is 0 Å². The number of hydrogen-bond acceptors (Lipinski definition) is 11. The number of hydrogen-bond donors (Lipinski definition) is 5. The Bertz CT molecular complexity index is 1440. The maximum atomic E-state index is 13.0. The molecular weight excluding hydrogens is 646 g/mol. The third-order valence-electron chi connectivity index (χ3n) is 9.29. The summed E-state index contributed by atoms with van der Waals surface area (Å²) in [6, 6.07) is 9.29. The molecule has 1 aromatic carbocycles. The zero-order chi connectivity index (χ0) is 36.9. The van der Waals surface area contributed by atoms with Crippen molar-refractivity contribution < 1.29 is 68.5 Å². The minimum absolute atomic E-state index is 0.123. The molecule has 0 aromatic heterocycles. The molecular formula is C35H46O14. The number of rotatable bonds is 17. The fourth-order valence-electron chi connectivity index (χ4n) is 6.58. The summed E-state index contributed by atoms with van der Waals surface area (Å²) in [7, 11) is 0. The van der Waals surface area contributed by atoms with Gasteiger partial charge in [0.15, 0.2) is 6.10 Å². The number of allylic oxidation sites excluding steroid dienone is 1. The molecule has 0 unspecified atom stereocenters. The van der Waals surface area contributed by atoms with Gasteiger partial charge in [-0.25, -0.2) is 19.2 Å². The lowest BCUT2D eigenvalue weighted by Crippen LogP contribution is -2.78. The number of aliphatic carboxylic acids is 3. The molecule has 10 atom stereocenters. The number of carbonyl (C=O) groups excluding carboxylic acids is 2. The predicted octanol–water partition coefficient (Wildman–Crippen LogP) is 2.88. The Balaban J connectivity index is 2.02. The van der Waals surface area contributed by atoms with Crippen molar-refractivity contribution in [1.82, 2.24) is 0 Å². The highest BCUT2D eigenvalue weighted by molar-refractivity contribution is 5.98. The Morgan fingerprint density at radius 3 is 2.20 bits per heavy atom. The van der Waals surface area contributed by atoms with E-state index >= 15 is 0 Å². The van der Waals surface area contributed by atoms with Crippen LogP contribution in [0.15, 0.2) is 54.6 Å². The first-order chi connectivity index (χ1) is 22.9. The molecule has 0 radical (unpaired) electrons. The molecule has 2 heterocycles. The van der Waals surface area contributed by atoms with Gasteiger partial charge in [0.25, 0.3) is 0 Å². The fourth-order valence-corrected chi connectivity index (χ4v) is 6.58. The topological polar surface area (TPSA) is 223 Å². The summed E-state index contributed by atoms with van der Waals surface area (Å²) in [6.45, 7) is 12.9. The van der Waals surface area contributed by atoms with Gasteiger partial charge in [0.05, 0.1) is 0 Å². The van der Waals surface area contributed by atoms with Gasteiger partial charge < -0.3 is 44.5 Å². The highest BCUT2D eigenvalue weighted by Gasteiger charge is 2.85. The highest BCUT2D eigenvalue weighted by Crippen LogP contribution is 2.56. The van der Waals surface area contributed by atoms with Crippen LogP contribution in [0, 0.1) is 17.8 Å². The molecule has 270 valence electrons. The first-order valence-corrected chi connectivity index (χ1v) is 16.1. The van der Waals surface area contributed by atoms with Crippen LogP contribution in [0.5, 0.6) is 0 Å². The molecule has 2 aliphatic rings. The highest BCUT2D eigenvalue weighted by atomic mass is 16.8.